The summed E-state index contributed by atoms with van der Waals surface area (Å²) in [4.78, 5) is 27.8. The van der Waals surface area contributed by atoms with Crippen LogP contribution < -0.4 is 9.62 Å². The van der Waals surface area contributed by atoms with Gasteiger partial charge in [-0.25, -0.2) is 17.2 Å². The minimum absolute atomic E-state index is 0.00109. The quantitative estimate of drug-likeness (QED) is 0.529. The highest BCUT2D eigenvalue weighted by Gasteiger charge is 2.33. The van der Waals surface area contributed by atoms with E-state index in [9.17, 15) is 26.8 Å². The summed E-state index contributed by atoms with van der Waals surface area (Å²) in [5, 5.41) is 2.54. The van der Waals surface area contributed by atoms with E-state index in [0.29, 0.717) is 5.56 Å². The number of halogens is 3. The molecular formula is C24H30ClF2N3O4S. The molecular weight excluding hydrogens is 500 g/mol. The number of amides is 2. The number of anilines is 1. The van der Waals surface area contributed by atoms with E-state index >= 15 is 0 Å². The average Bonchev–Trinajstić information content (AvgIpc) is 2.73. The van der Waals surface area contributed by atoms with Crippen molar-refractivity contribution in [2.75, 3.05) is 17.1 Å². The Kier molecular flexibility index (Phi) is 9.24. The first-order valence-corrected chi connectivity index (χ1v) is 13.1. The smallest absolute Gasteiger partial charge is 0.244 e. The lowest BCUT2D eigenvalue weighted by atomic mass is 10.1. The number of nitrogens with one attached hydrogen (secondary N) is 1. The van der Waals surface area contributed by atoms with Gasteiger partial charge in [-0.2, -0.15) is 0 Å². The molecule has 0 radical (unpaired) electrons. The molecule has 1 N–H and O–H groups in total. The Hall–Kier alpha value is -2.72. The summed E-state index contributed by atoms with van der Waals surface area (Å²) < 4.78 is 52.9. The fourth-order valence-corrected chi connectivity index (χ4v) is 4.43. The van der Waals surface area contributed by atoms with Crippen molar-refractivity contribution in [3.05, 3.63) is 64.7 Å². The van der Waals surface area contributed by atoms with Crippen LogP contribution in [0, 0.1) is 11.6 Å². The first-order chi connectivity index (χ1) is 16.1. The molecule has 0 aliphatic carbocycles. The highest BCUT2D eigenvalue weighted by atomic mass is 35.5. The van der Waals surface area contributed by atoms with Crippen molar-refractivity contribution in [1.29, 1.82) is 0 Å². The summed E-state index contributed by atoms with van der Waals surface area (Å²) in [7, 11) is -3.98. The fourth-order valence-electron chi connectivity index (χ4n) is 3.41. The molecule has 35 heavy (non-hydrogen) atoms. The molecule has 0 aliphatic heterocycles. The lowest BCUT2D eigenvalue weighted by Crippen LogP contribution is -2.55. The van der Waals surface area contributed by atoms with Gasteiger partial charge in [-0.1, -0.05) is 30.7 Å². The van der Waals surface area contributed by atoms with Crippen LogP contribution >= 0.6 is 11.6 Å². The molecule has 0 spiro atoms. The monoisotopic (exact) mass is 529 g/mol. The van der Waals surface area contributed by atoms with Gasteiger partial charge in [0.2, 0.25) is 21.8 Å². The number of carbonyl (C=O) groups excluding carboxylic acids is 2. The minimum Gasteiger partial charge on any atom is -0.350 e. The molecule has 2 aromatic rings. The zero-order valence-electron chi connectivity index (χ0n) is 20.3. The average molecular weight is 530 g/mol. The highest BCUT2D eigenvalue weighted by Crippen LogP contribution is 2.25. The molecule has 192 valence electrons. The van der Waals surface area contributed by atoms with E-state index in [0.717, 1.165) is 22.7 Å². The molecule has 0 saturated carbocycles. The van der Waals surface area contributed by atoms with E-state index in [1.807, 2.05) is 0 Å². The maximum Gasteiger partial charge on any atom is 0.244 e. The van der Waals surface area contributed by atoms with Crippen LogP contribution in [0.1, 0.15) is 39.7 Å². The predicted octanol–water partition coefficient (Wildman–Crippen LogP) is 4.11. The first kappa shape index (κ1) is 28.5. The van der Waals surface area contributed by atoms with Gasteiger partial charge in [0.05, 0.1) is 17.0 Å². The van der Waals surface area contributed by atoms with Crippen LogP contribution in [0.3, 0.4) is 0 Å². The summed E-state index contributed by atoms with van der Waals surface area (Å²) in [6.45, 7) is 6.42. The van der Waals surface area contributed by atoms with Crippen LogP contribution in [0.2, 0.25) is 5.02 Å². The second-order valence-corrected chi connectivity index (χ2v) is 11.5. The van der Waals surface area contributed by atoms with Crippen LogP contribution in [-0.2, 0) is 26.2 Å². The molecule has 7 nitrogen and oxygen atoms in total. The van der Waals surface area contributed by atoms with Crippen LogP contribution in [-0.4, -0.2) is 49.5 Å². The van der Waals surface area contributed by atoms with Crippen molar-refractivity contribution in [3.8, 4) is 0 Å². The number of sulfonamides is 1. The number of rotatable bonds is 9. The Morgan fingerprint density at radius 1 is 1.09 bits per heavy atom. The van der Waals surface area contributed by atoms with Crippen molar-refractivity contribution >= 4 is 39.1 Å². The molecule has 2 aromatic carbocycles. The lowest BCUT2D eigenvalue weighted by molar-refractivity contribution is -0.141. The zero-order chi connectivity index (χ0) is 26.6. The SMILES string of the molecule is CC[C@H](C(=O)NC(C)(C)C)N(Cc1ccc(F)cc1)C(=O)CN(c1ccc(F)c(Cl)c1)S(C)(=O)=O. The van der Waals surface area contributed by atoms with Crippen LogP contribution in [0.4, 0.5) is 14.5 Å². The molecule has 11 heteroatoms. The fraction of sp³-hybridized carbons (Fsp3) is 0.417. The van der Waals surface area contributed by atoms with Gasteiger partial charge in [0.25, 0.3) is 0 Å². The van der Waals surface area contributed by atoms with Crippen LogP contribution in [0.25, 0.3) is 0 Å². The van der Waals surface area contributed by atoms with E-state index in [4.69, 9.17) is 11.6 Å². The third-order valence-corrected chi connectivity index (χ3v) is 6.45. The number of carbonyl (C=O) groups is 2. The van der Waals surface area contributed by atoms with E-state index < -0.39 is 51.6 Å². The molecule has 0 heterocycles. The molecule has 1 atom stereocenters. The topological polar surface area (TPSA) is 86.8 Å². The Bertz CT molecular complexity index is 1170. The predicted molar refractivity (Wildman–Crippen MR) is 133 cm³/mol. The number of nitrogens with zero attached hydrogens (tertiary/aromatic N) is 2. The molecule has 0 aliphatic rings. The van der Waals surface area contributed by atoms with Crippen molar-refractivity contribution in [1.82, 2.24) is 10.2 Å². The van der Waals surface area contributed by atoms with Crippen molar-refractivity contribution in [2.45, 2.75) is 52.2 Å². The van der Waals surface area contributed by atoms with Crippen molar-refractivity contribution < 1.29 is 26.8 Å². The van der Waals surface area contributed by atoms with Gasteiger partial charge in [0.1, 0.15) is 24.2 Å². The minimum atomic E-state index is -3.98. The van der Waals surface area contributed by atoms with Gasteiger partial charge >= 0.3 is 0 Å². The van der Waals surface area contributed by atoms with Crippen LogP contribution in [0.5, 0.6) is 0 Å². The second kappa shape index (κ2) is 11.3. The number of hydrogen-bond acceptors (Lipinski definition) is 4. The third-order valence-electron chi connectivity index (χ3n) is 5.02. The van der Waals surface area contributed by atoms with Gasteiger partial charge in [-0.15, -0.1) is 0 Å². The maximum atomic E-state index is 13.6. The number of benzene rings is 2. The second-order valence-electron chi connectivity index (χ2n) is 9.18. The summed E-state index contributed by atoms with van der Waals surface area (Å²) >= 11 is 5.83. The normalized spacial score (nSPS) is 12.7. The van der Waals surface area contributed by atoms with E-state index in [1.165, 1.54) is 35.2 Å². The molecule has 0 fully saturated rings. The third kappa shape index (κ3) is 8.17. The van der Waals surface area contributed by atoms with Crippen molar-refractivity contribution in [3.63, 3.8) is 0 Å². The number of hydrogen-bond donors (Lipinski definition) is 1. The Balaban J connectivity index is 2.47. The molecule has 0 aromatic heterocycles. The van der Waals surface area contributed by atoms with Gasteiger partial charge in [-0.05, 0) is 63.1 Å². The van der Waals surface area contributed by atoms with E-state index in [2.05, 4.69) is 5.32 Å². The van der Waals surface area contributed by atoms with E-state index in [1.54, 1.807) is 27.7 Å². The summed E-state index contributed by atoms with van der Waals surface area (Å²) in [6.07, 6.45) is 1.15. The highest BCUT2D eigenvalue weighted by molar-refractivity contribution is 7.92. The molecule has 0 unspecified atom stereocenters. The Labute approximate surface area is 210 Å². The molecule has 0 bridgehead atoms. The maximum absolute atomic E-state index is 13.6. The lowest BCUT2D eigenvalue weighted by Gasteiger charge is -2.34. The molecule has 2 rings (SSSR count). The van der Waals surface area contributed by atoms with Gasteiger partial charge < -0.3 is 10.2 Å². The summed E-state index contributed by atoms with van der Waals surface area (Å²) in [5.74, 6) is -2.28. The summed E-state index contributed by atoms with van der Waals surface area (Å²) in [5.41, 5.74) is -0.0164. The first-order valence-electron chi connectivity index (χ1n) is 10.9. The van der Waals surface area contributed by atoms with Gasteiger partial charge in [-0.3, -0.25) is 13.9 Å². The molecule has 2 amide bonds. The molecule has 0 saturated heterocycles. The Morgan fingerprint density at radius 2 is 1.69 bits per heavy atom. The van der Waals surface area contributed by atoms with Gasteiger partial charge in [0, 0.05) is 12.1 Å². The summed E-state index contributed by atoms with van der Waals surface area (Å²) in [6, 6.07) is 7.82. The van der Waals surface area contributed by atoms with Gasteiger partial charge in [0.15, 0.2) is 0 Å². The van der Waals surface area contributed by atoms with Crippen molar-refractivity contribution in [2.24, 2.45) is 0 Å². The van der Waals surface area contributed by atoms with E-state index in [-0.39, 0.29) is 23.7 Å². The standard InChI is InChI=1S/C24H30ClF2N3O4S/c1-6-21(23(32)28-24(2,3)4)29(14-16-7-9-17(26)10-8-16)22(31)15-30(35(5,33)34)18-11-12-20(27)19(25)13-18/h7-13,21H,6,14-15H2,1-5H3,(H,28,32)/t21-/m1/s1. The van der Waals surface area contributed by atoms with Crippen LogP contribution in [0.15, 0.2) is 42.5 Å². The zero-order valence-corrected chi connectivity index (χ0v) is 21.9. The largest absolute Gasteiger partial charge is 0.350 e. The Morgan fingerprint density at radius 3 is 2.17 bits per heavy atom.